The number of nitrogens with zero attached hydrogens (tertiary/aromatic N) is 6. The number of amides is 1. The third kappa shape index (κ3) is 3.48. The summed E-state index contributed by atoms with van der Waals surface area (Å²) in [5.41, 5.74) is 1.54. The Morgan fingerprint density at radius 2 is 2.10 bits per heavy atom. The molecule has 0 aliphatic carbocycles. The molecule has 1 amide bonds. The smallest absolute Gasteiger partial charge is 0.249 e. The Morgan fingerprint density at radius 3 is 2.77 bits per heavy atom. The number of rotatable bonds is 5. The van der Waals surface area contributed by atoms with Crippen molar-refractivity contribution in [2.75, 3.05) is 11.9 Å². The Balaban J connectivity index is 1.57. The summed E-state index contributed by atoms with van der Waals surface area (Å²) in [4.78, 5) is 13.0. The van der Waals surface area contributed by atoms with Crippen LogP contribution in [0.25, 0.3) is 11.4 Å². The van der Waals surface area contributed by atoms with Crippen molar-refractivity contribution >= 4 is 21.6 Å². The molecule has 0 radical (unpaired) electrons. The molecule has 1 aliphatic rings. The number of hydrogen-bond donors (Lipinski definition) is 1. The van der Waals surface area contributed by atoms with Gasteiger partial charge >= 0.3 is 0 Å². The lowest BCUT2D eigenvalue weighted by atomic mass is 10.1. The molecule has 0 spiro atoms. The van der Waals surface area contributed by atoms with Crippen molar-refractivity contribution in [3.8, 4) is 11.4 Å². The lowest BCUT2D eigenvalue weighted by molar-refractivity contribution is -0.119. The molecule has 1 unspecified atom stereocenters. The summed E-state index contributed by atoms with van der Waals surface area (Å²) >= 11 is 0. The second kappa shape index (κ2) is 7.61. The SMILES string of the molecule is Cc1noc(C)c1S(=O)(=O)N1CCCC1C(=O)Nc1cccc(-c2nnnn2C)c1. The maximum atomic E-state index is 13.2. The fourth-order valence-electron chi connectivity index (χ4n) is 3.69. The molecule has 0 saturated carbocycles. The zero-order valence-electron chi connectivity index (χ0n) is 16.7. The van der Waals surface area contributed by atoms with E-state index in [-0.39, 0.29) is 22.9 Å². The fourth-order valence-corrected chi connectivity index (χ4v) is 5.64. The number of hydrogen-bond acceptors (Lipinski definition) is 8. The highest BCUT2D eigenvalue weighted by atomic mass is 32.2. The number of aryl methyl sites for hydroxylation is 3. The molecule has 3 aromatic rings. The van der Waals surface area contributed by atoms with E-state index in [4.69, 9.17) is 4.52 Å². The van der Waals surface area contributed by atoms with Crippen LogP contribution in [0, 0.1) is 13.8 Å². The third-order valence-corrected chi connectivity index (χ3v) is 7.20. The van der Waals surface area contributed by atoms with Crippen molar-refractivity contribution in [3.05, 3.63) is 35.7 Å². The maximum Gasteiger partial charge on any atom is 0.249 e. The first-order chi connectivity index (χ1) is 14.3. The number of carbonyl (C=O) groups excluding carboxylic acids is 1. The molecule has 1 aromatic carbocycles. The number of carbonyl (C=O) groups is 1. The Morgan fingerprint density at radius 1 is 1.30 bits per heavy atom. The predicted octanol–water partition coefficient (Wildman–Crippen LogP) is 1.27. The van der Waals surface area contributed by atoms with E-state index in [1.165, 1.54) is 8.99 Å². The average molecular weight is 431 g/mol. The van der Waals surface area contributed by atoms with Crippen molar-refractivity contribution < 1.29 is 17.7 Å². The number of benzene rings is 1. The summed E-state index contributed by atoms with van der Waals surface area (Å²) in [6.45, 7) is 3.38. The molecule has 1 aliphatic heterocycles. The Bertz CT molecular complexity index is 1180. The molecule has 0 bridgehead atoms. The zero-order chi connectivity index (χ0) is 21.5. The van der Waals surface area contributed by atoms with Gasteiger partial charge in [-0.1, -0.05) is 17.3 Å². The van der Waals surface area contributed by atoms with Gasteiger partial charge in [0.1, 0.15) is 16.6 Å². The first-order valence-corrected chi connectivity index (χ1v) is 10.8. The van der Waals surface area contributed by atoms with Crippen LogP contribution < -0.4 is 5.32 Å². The monoisotopic (exact) mass is 431 g/mol. The second-order valence-corrected chi connectivity index (χ2v) is 8.95. The minimum Gasteiger partial charge on any atom is -0.360 e. The zero-order valence-corrected chi connectivity index (χ0v) is 17.5. The number of tetrazole rings is 1. The largest absolute Gasteiger partial charge is 0.360 e. The fraction of sp³-hybridized carbons (Fsp3) is 0.389. The van der Waals surface area contributed by atoms with E-state index < -0.39 is 22.0 Å². The molecule has 3 heterocycles. The standard InChI is InChI=1S/C18H21N7O4S/c1-11-16(12(2)29-21-11)30(27,28)25-9-5-8-15(25)18(26)19-14-7-4-6-13(10-14)17-20-22-23-24(17)3/h4,6-7,10,15H,5,8-9H2,1-3H3,(H,19,26). The van der Waals surface area contributed by atoms with Crippen molar-refractivity contribution in [1.29, 1.82) is 0 Å². The van der Waals surface area contributed by atoms with Gasteiger partial charge in [0.15, 0.2) is 11.6 Å². The van der Waals surface area contributed by atoms with Gasteiger partial charge in [-0.15, -0.1) is 5.10 Å². The van der Waals surface area contributed by atoms with E-state index in [0.29, 0.717) is 24.4 Å². The quantitative estimate of drug-likeness (QED) is 0.638. The van der Waals surface area contributed by atoms with E-state index in [9.17, 15) is 13.2 Å². The topological polar surface area (TPSA) is 136 Å². The second-order valence-electron chi connectivity index (χ2n) is 7.12. The molecule has 1 fully saturated rings. The van der Waals surface area contributed by atoms with Crippen molar-refractivity contribution in [2.45, 2.75) is 37.6 Å². The predicted molar refractivity (Wildman–Crippen MR) is 106 cm³/mol. The highest BCUT2D eigenvalue weighted by Crippen LogP contribution is 2.30. The minimum absolute atomic E-state index is 0.0268. The Labute approximate surface area is 173 Å². The summed E-state index contributed by atoms with van der Waals surface area (Å²) in [5, 5.41) is 17.9. The molecular weight excluding hydrogens is 410 g/mol. The van der Waals surface area contributed by atoms with Gasteiger partial charge < -0.3 is 9.84 Å². The number of anilines is 1. The summed E-state index contributed by atoms with van der Waals surface area (Å²) in [6, 6.07) is 6.25. The minimum atomic E-state index is -3.91. The first-order valence-electron chi connectivity index (χ1n) is 9.37. The molecule has 2 aromatic heterocycles. The summed E-state index contributed by atoms with van der Waals surface area (Å²) in [7, 11) is -2.19. The summed E-state index contributed by atoms with van der Waals surface area (Å²) in [6.07, 6.45) is 1.02. The van der Waals surface area contributed by atoms with Crippen LogP contribution in [0.1, 0.15) is 24.3 Å². The van der Waals surface area contributed by atoms with Crippen molar-refractivity contribution in [3.63, 3.8) is 0 Å². The van der Waals surface area contributed by atoms with Gasteiger partial charge in [0.05, 0.1) is 0 Å². The van der Waals surface area contributed by atoms with E-state index in [1.54, 1.807) is 39.1 Å². The van der Waals surface area contributed by atoms with E-state index in [1.807, 2.05) is 6.07 Å². The van der Waals surface area contributed by atoms with Crippen LogP contribution in [0.4, 0.5) is 5.69 Å². The van der Waals surface area contributed by atoms with Gasteiger partial charge in [-0.05, 0) is 49.2 Å². The van der Waals surface area contributed by atoms with Gasteiger partial charge in [-0.3, -0.25) is 4.79 Å². The first kappa shape index (κ1) is 20.2. The Hall–Kier alpha value is -3.12. The third-order valence-electron chi connectivity index (χ3n) is 5.05. The van der Waals surface area contributed by atoms with Gasteiger partial charge in [-0.2, -0.15) is 4.31 Å². The van der Waals surface area contributed by atoms with Crippen LogP contribution in [0.15, 0.2) is 33.7 Å². The van der Waals surface area contributed by atoms with Crippen molar-refractivity contribution in [1.82, 2.24) is 29.7 Å². The normalized spacial score (nSPS) is 17.4. The molecule has 1 atom stereocenters. The van der Waals surface area contributed by atoms with Crippen LogP contribution in [-0.2, 0) is 21.9 Å². The van der Waals surface area contributed by atoms with Gasteiger partial charge in [0.2, 0.25) is 15.9 Å². The van der Waals surface area contributed by atoms with E-state index in [0.717, 1.165) is 5.56 Å². The van der Waals surface area contributed by atoms with E-state index >= 15 is 0 Å². The summed E-state index contributed by atoms with van der Waals surface area (Å²) < 4.78 is 34.1. The maximum absolute atomic E-state index is 13.2. The average Bonchev–Trinajstić information content (AvgIpc) is 3.42. The van der Waals surface area contributed by atoms with Crippen LogP contribution in [0.5, 0.6) is 0 Å². The van der Waals surface area contributed by atoms with Gasteiger partial charge in [0.25, 0.3) is 0 Å². The van der Waals surface area contributed by atoms with Gasteiger partial charge in [0, 0.05) is 24.8 Å². The molecule has 158 valence electrons. The van der Waals surface area contributed by atoms with Gasteiger partial charge in [-0.25, -0.2) is 13.1 Å². The molecule has 11 nitrogen and oxygen atoms in total. The highest BCUT2D eigenvalue weighted by molar-refractivity contribution is 7.89. The number of aromatic nitrogens is 5. The molecule has 1 saturated heterocycles. The van der Waals surface area contributed by atoms with Crippen LogP contribution in [0.2, 0.25) is 0 Å². The van der Waals surface area contributed by atoms with Crippen LogP contribution in [0.3, 0.4) is 0 Å². The molecular formula is C18H21N7O4S. The molecule has 30 heavy (non-hydrogen) atoms. The van der Waals surface area contributed by atoms with Crippen LogP contribution >= 0.6 is 0 Å². The summed E-state index contributed by atoms with van der Waals surface area (Å²) in [5.74, 6) is 0.370. The van der Waals surface area contributed by atoms with Crippen LogP contribution in [-0.4, -0.2) is 56.6 Å². The highest BCUT2D eigenvalue weighted by Gasteiger charge is 2.41. The Kier molecular flexibility index (Phi) is 5.12. The van der Waals surface area contributed by atoms with E-state index in [2.05, 4.69) is 26.0 Å². The molecule has 4 rings (SSSR count). The van der Waals surface area contributed by atoms with Crippen molar-refractivity contribution in [2.24, 2.45) is 7.05 Å². The number of sulfonamides is 1. The number of nitrogens with one attached hydrogen (secondary N) is 1. The molecule has 12 heteroatoms. The molecule has 1 N–H and O–H groups in total. The lowest BCUT2D eigenvalue weighted by Crippen LogP contribution is -2.43. The lowest BCUT2D eigenvalue weighted by Gasteiger charge is -2.23.